The molecule has 0 bridgehead atoms. The number of benzene rings is 2. The number of nitrogens with one attached hydrogen (secondary N) is 1. The van der Waals surface area contributed by atoms with Crippen LogP contribution in [0.15, 0.2) is 41.5 Å². The fourth-order valence-corrected chi connectivity index (χ4v) is 1.91. The van der Waals surface area contributed by atoms with Gasteiger partial charge in [0, 0.05) is 16.1 Å². The van der Waals surface area contributed by atoms with Crippen molar-refractivity contribution in [2.45, 2.75) is 6.61 Å². The second-order valence-electron chi connectivity index (χ2n) is 4.44. The number of carbonyl (C=O) groups excluding carboxylic acids is 1. The number of nitrogens with zero attached hydrogens (tertiary/aromatic N) is 1. The third kappa shape index (κ3) is 4.93. The molecule has 120 valence electrons. The van der Waals surface area contributed by atoms with E-state index < -0.39 is 17.7 Å². The van der Waals surface area contributed by atoms with E-state index in [1.165, 1.54) is 12.3 Å². The summed E-state index contributed by atoms with van der Waals surface area (Å²) in [6, 6.07) is 6.91. The molecule has 3 N–H and O–H groups in total. The molecule has 5 nitrogen and oxygen atoms in total. The van der Waals surface area contributed by atoms with Crippen molar-refractivity contribution in [2.24, 2.45) is 10.8 Å². The minimum Gasteiger partial charge on any atom is -0.488 e. The molecule has 23 heavy (non-hydrogen) atoms. The summed E-state index contributed by atoms with van der Waals surface area (Å²) >= 11 is 5.88. The SMILES string of the molecule is NC(=O)NN=Cc1cc(Cl)ccc1OCc1cc(F)ccc1F. The van der Waals surface area contributed by atoms with E-state index in [0.29, 0.717) is 16.3 Å². The lowest BCUT2D eigenvalue weighted by Gasteiger charge is -2.10. The van der Waals surface area contributed by atoms with Gasteiger partial charge in [-0.15, -0.1) is 0 Å². The summed E-state index contributed by atoms with van der Waals surface area (Å²) in [6.07, 6.45) is 1.27. The number of hydrogen-bond donors (Lipinski definition) is 2. The Hall–Kier alpha value is -2.67. The summed E-state index contributed by atoms with van der Waals surface area (Å²) in [7, 11) is 0. The van der Waals surface area contributed by atoms with Crippen LogP contribution in [-0.4, -0.2) is 12.2 Å². The molecule has 0 fully saturated rings. The van der Waals surface area contributed by atoms with Crippen molar-refractivity contribution in [1.82, 2.24) is 5.43 Å². The largest absolute Gasteiger partial charge is 0.488 e. The normalized spacial score (nSPS) is 10.7. The monoisotopic (exact) mass is 339 g/mol. The minimum atomic E-state index is -0.826. The average Bonchev–Trinajstić information content (AvgIpc) is 2.49. The maximum Gasteiger partial charge on any atom is 0.332 e. The lowest BCUT2D eigenvalue weighted by Crippen LogP contribution is -2.24. The van der Waals surface area contributed by atoms with Crippen molar-refractivity contribution in [3.63, 3.8) is 0 Å². The van der Waals surface area contributed by atoms with Crippen LogP contribution in [0.25, 0.3) is 0 Å². The van der Waals surface area contributed by atoms with Crippen LogP contribution in [0.2, 0.25) is 5.02 Å². The molecule has 0 aliphatic heterocycles. The van der Waals surface area contributed by atoms with Gasteiger partial charge < -0.3 is 10.5 Å². The third-order valence-corrected chi connectivity index (χ3v) is 2.98. The number of urea groups is 1. The van der Waals surface area contributed by atoms with E-state index in [-0.39, 0.29) is 12.2 Å². The van der Waals surface area contributed by atoms with E-state index in [0.717, 1.165) is 18.2 Å². The topological polar surface area (TPSA) is 76.7 Å². The number of rotatable bonds is 5. The van der Waals surface area contributed by atoms with E-state index in [1.807, 2.05) is 5.43 Å². The highest BCUT2D eigenvalue weighted by molar-refractivity contribution is 6.30. The fraction of sp³-hybridized carbons (Fsp3) is 0.0667. The molecule has 0 heterocycles. The first-order valence-electron chi connectivity index (χ1n) is 6.40. The minimum absolute atomic E-state index is 0.0677. The second kappa shape index (κ2) is 7.55. The number of carbonyl (C=O) groups is 1. The zero-order chi connectivity index (χ0) is 16.8. The molecule has 8 heteroatoms. The molecule has 0 saturated carbocycles. The van der Waals surface area contributed by atoms with Crippen LogP contribution >= 0.6 is 11.6 Å². The van der Waals surface area contributed by atoms with Crippen molar-refractivity contribution in [1.29, 1.82) is 0 Å². The maximum absolute atomic E-state index is 13.6. The standard InChI is InChI=1S/C15H12ClF2N3O2/c16-11-1-4-14(9(5-11)7-20-21-15(19)22)23-8-10-6-12(17)2-3-13(10)18/h1-7H,8H2,(H3,19,21,22). The van der Waals surface area contributed by atoms with E-state index in [4.69, 9.17) is 22.1 Å². The molecular formula is C15H12ClF2N3O2. The molecule has 0 spiro atoms. The first kappa shape index (κ1) is 16.7. The first-order valence-corrected chi connectivity index (χ1v) is 6.78. The lowest BCUT2D eigenvalue weighted by atomic mass is 10.2. The molecule has 2 rings (SSSR count). The molecule has 0 aromatic heterocycles. The number of hydrogen-bond acceptors (Lipinski definition) is 3. The average molecular weight is 340 g/mol. The molecular weight excluding hydrogens is 328 g/mol. The highest BCUT2D eigenvalue weighted by Gasteiger charge is 2.08. The highest BCUT2D eigenvalue weighted by Crippen LogP contribution is 2.23. The van der Waals surface area contributed by atoms with Gasteiger partial charge in [0.1, 0.15) is 24.0 Å². The quantitative estimate of drug-likeness (QED) is 0.648. The van der Waals surface area contributed by atoms with Crippen LogP contribution < -0.4 is 15.9 Å². The molecule has 2 amide bonds. The zero-order valence-electron chi connectivity index (χ0n) is 11.7. The van der Waals surface area contributed by atoms with E-state index in [2.05, 4.69) is 5.10 Å². The predicted octanol–water partition coefficient (Wildman–Crippen LogP) is 3.20. The second-order valence-corrected chi connectivity index (χ2v) is 4.88. The van der Waals surface area contributed by atoms with Crippen LogP contribution in [0, 0.1) is 11.6 Å². The van der Waals surface area contributed by atoms with Gasteiger partial charge in [-0.2, -0.15) is 5.10 Å². The summed E-state index contributed by atoms with van der Waals surface area (Å²) in [5.74, 6) is -0.812. The van der Waals surface area contributed by atoms with E-state index in [9.17, 15) is 13.6 Å². The molecule has 2 aromatic rings. The van der Waals surface area contributed by atoms with Gasteiger partial charge in [0.2, 0.25) is 0 Å². The molecule has 0 atom stereocenters. The number of ether oxygens (including phenoxy) is 1. The van der Waals surface area contributed by atoms with Gasteiger partial charge in [0.05, 0.1) is 6.21 Å². The van der Waals surface area contributed by atoms with Gasteiger partial charge in [-0.05, 0) is 36.4 Å². The molecule has 0 aliphatic rings. The first-order chi connectivity index (χ1) is 11.0. The summed E-state index contributed by atoms with van der Waals surface area (Å²) in [4.78, 5) is 10.6. The number of primary amides is 1. The Morgan fingerprint density at radius 3 is 2.83 bits per heavy atom. The number of amides is 2. The Labute approximate surface area is 135 Å². The van der Waals surface area contributed by atoms with Gasteiger partial charge in [0.15, 0.2) is 0 Å². The van der Waals surface area contributed by atoms with Crippen molar-refractivity contribution < 1.29 is 18.3 Å². The maximum atomic E-state index is 13.6. The van der Waals surface area contributed by atoms with Gasteiger partial charge in [-0.1, -0.05) is 11.6 Å². The Morgan fingerprint density at radius 1 is 1.30 bits per heavy atom. The van der Waals surface area contributed by atoms with E-state index in [1.54, 1.807) is 12.1 Å². The predicted molar refractivity (Wildman–Crippen MR) is 82.5 cm³/mol. The zero-order valence-corrected chi connectivity index (χ0v) is 12.5. The lowest BCUT2D eigenvalue weighted by molar-refractivity contribution is 0.249. The molecule has 0 radical (unpaired) electrons. The molecule has 2 aromatic carbocycles. The number of halogens is 3. The Morgan fingerprint density at radius 2 is 2.09 bits per heavy atom. The fourth-order valence-electron chi connectivity index (χ4n) is 1.73. The molecule has 0 saturated heterocycles. The summed E-state index contributed by atoms with van der Waals surface area (Å²) < 4.78 is 32.2. The highest BCUT2D eigenvalue weighted by atomic mass is 35.5. The van der Waals surface area contributed by atoms with Crippen LogP contribution in [0.3, 0.4) is 0 Å². The van der Waals surface area contributed by atoms with Crippen LogP contribution in [-0.2, 0) is 6.61 Å². The van der Waals surface area contributed by atoms with E-state index >= 15 is 0 Å². The Balaban J connectivity index is 2.17. The van der Waals surface area contributed by atoms with Gasteiger partial charge in [0.25, 0.3) is 0 Å². The van der Waals surface area contributed by atoms with Crippen molar-refractivity contribution >= 4 is 23.8 Å². The van der Waals surface area contributed by atoms with Gasteiger partial charge in [-0.3, -0.25) is 0 Å². The van der Waals surface area contributed by atoms with Gasteiger partial charge >= 0.3 is 6.03 Å². The van der Waals surface area contributed by atoms with Gasteiger partial charge in [-0.25, -0.2) is 19.0 Å². The molecule has 0 unspecified atom stereocenters. The third-order valence-electron chi connectivity index (χ3n) is 2.74. The number of nitrogens with two attached hydrogens (primary N) is 1. The summed E-state index contributed by atoms with van der Waals surface area (Å²) in [5, 5.41) is 4.02. The van der Waals surface area contributed by atoms with Crippen molar-refractivity contribution in [2.75, 3.05) is 0 Å². The van der Waals surface area contributed by atoms with Crippen LogP contribution in [0.1, 0.15) is 11.1 Å². The summed E-state index contributed by atoms with van der Waals surface area (Å²) in [6.45, 7) is -0.185. The Kier molecular flexibility index (Phi) is 5.48. The van der Waals surface area contributed by atoms with Crippen molar-refractivity contribution in [3.05, 3.63) is 64.2 Å². The smallest absolute Gasteiger partial charge is 0.332 e. The van der Waals surface area contributed by atoms with Crippen molar-refractivity contribution in [3.8, 4) is 5.75 Å². The molecule has 0 aliphatic carbocycles. The summed E-state index contributed by atoms with van der Waals surface area (Å²) in [5.41, 5.74) is 7.42. The number of hydrazone groups is 1. The van der Waals surface area contributed by atoms with Crippen LogP contribution in [0.4, 0.5) is 13.6 Å². The Bertz CT molecular complexity index is 753. The van der Waals surface area contributed by atoms with Crippen LogP contribution in [0.5, 0.6) is 5.75 Å².